The van der Waals surface area contributed by atoms with E-state index in [-0.39, 0.29) is 18.1 Å². The lowest BCUT2D eigenvalue weighted by Gasteiger charge is -2.32. The molecule has 1 aliphatic rings. The van der Waals surface area contributed by atoms with Crippen molar-refractivity contribution in [1.29, 1.82) is 0 Å². The summed E-state index contributed by atoms with van der Waals surface area (Å²) >= 11 is 1.73. The number of thiophene rings is 1. The third kappa shape index (κ3) is 5.14. The Balaban J connectivity index is 1.73. The number of likely N-dealkylation sites (tertiary alicyclic amines) is 1. The van der Waals surface area contributed by atoms with Gasteiger partial charge in [-0.1, -0.05) is 12.2 Å². The van der Waals surface area contributed by atoms with Crippen LogP contribution in [0.2, 0.25) is 0 Å². The van der Waals surface area contributed by atoms with Gasteiger partial charge < -0.3 is 10.6 Å². The Morgan fingerprint density at radius 2 is 2.14 bits per heavy atom. The minimum absolute atomic E-state index is 0.0576. The third-order valence-corrected chi connectivity index (χ3v) is 5.14. The lowest BCUT2D eigenvalue weighted by molar-refractivity contribution is 0.200. The molecular weight excluding hydrogens is 294 g/mol. The number of nitrogens with zero attached hydrogens (tertiary/aromatic N) is 1. The highest BCUT2D eigenvalue weighted by Gasteiger charge is 2.21. The van der Waals surface area contributed by atoms with Gasteiger partial charge in [0.15, 0.2) is 0 Å². The van der Waals surface area contributed by atoms with E-state index in [1.807, 2.05) is 6.92 Å². The zero-order chi connectivity index (χ0) is 16.1. The molecule has 0 aliphatic carbocycles. The summed E-state index contributed by atoms with van der Waals surface area (Å²) in [6, 6.07) is 4.45. The number of rotatable bonds is 5. The molecule has 2 N–H and O–H groups in total. The van der Waals surface area contributed by atoms with Crippen LogP contribution in [0.4, 0.5) is 4.79 Å². The van der Waals surface area contributed by atoms with Crippen LogP contribution in [0.25, 0.3) is 0 Å². The van der Waals surface area contributed by atoms with Gasteiger partial charge in [0.1, 0.15) is 0 Å². The first-order chi connectivity index (χ1) is 10.4. The van der Waals surface area contributed by atoms with E-state index in [9.17, 15) is 4.79 Å². The normalized spacial score (nSPS) is 18.0. The van der Waals surface area contributed by atoms with Gasteiger partial charge in [-0.15, -0.1) is 11.3 Å². The van der Waals surface area contributed by atoms with E-state index < -0.39 is 0 Å². The van der Waals surface area contributed by atoms with E-state index in [0.29, 0.717) is 0 Å². The second-order valence-corrected chi connectivity index (χ2v) is 7.61. The van der Waals surface area contributed by atoms with Crippen LogP contribution < -0.4 is 10.6 Å². The van der Waals surface area contributed by atoms with E-state index in [4.69, 9.17) is 0 Å². The summed E-state index contributed by atoms with van der Waals surface area (Å²) in [5.74, 6) is 0. The van der Waals surface area contributed by atoms with Crippen molar-refractivity contribution >= 4 is 17.4 Å². The van der Waals surface area contributed by atoms with Crippen LogP contribution in [0.1, 0.15) is 42.5 Å². The van der Waals surface area contributed by atoms with E-state index in [1.165, 1.54) is 15.3 Å². The second-order valence-electron chi connectivity index (χ2n) is 6.30. The fourth-order valence-corrected chi connectivity index (χ4v) is 3.68. The molecule has 2 amide bonds. The van der Waals surface area contributed by atoms with Gasteiger partial charge in [-0.25, -0.2) is 4.79 Å². The van der Waals surface area contributed by atoms with Crippen LogP contribution in [-0.2, 0) is 0 Å². The van der Waals surface area contributed by atoms with Crippen LogP contribution >= 0.6 is 11.3 Å². The molecule has 1 aliphatic heterocycles. The summed E-state index contributed by atoms with van der Waals surface area (Å²) < 4.78 is 0. The molecule has 1 aromatic rings. The van der Waals surface area contributed by atoms with Crippen molar-refractivity contribution < 1.29 is 4.79 Å². The minimum Gasteiger partial charge on any atom is -0.335 e. The highest BCUT2D eigenvalue weighted by Crippen LogP contribution is 2.22. The maximum Gasteiger partial charge on any atom is 0.315 e. The molecule has 22 heavy (non-hydrogen) atoms. The number of carbonyl (C=O) groups is 1. The molecule has 1 fully saturated rings. The average Bonchev–Trinajstić information content (AvgIpc) is 2.87. The largest absolute Gasteiger partial charge is 0.335 e. The highest BCUT2D eigenvalue weighted by molar-refractivity contribution is 7.12. The Morgan fingerprint density at radius 3 is 2.68 bits per heavy atom. The molecule has 1 unspecified atom stereocenters. The van der Waals surface area contributed by atoms with Gasteiger partial charge in [0.05, 0.1) is 6.04 Å². The summed E-state index contributed by atoms with van der Waals surface area (Å²) in [5, 5.41) is 6.14. The fourth-order valence-electron chi connectivity index (χ4n) is 2.80. The van der Waals surface area contributed by atoms with Crippen molar-refractivity contribution in [2.45, 2.75) is 45.7 Å². The molecule has 122 valence electrons. The average molecular weight is 321 g/mol. The van der Waals surface area contributed by atoms with E-state index in [0.717, 1.165) is 32.5 Å². The number of hydrogen-bond donors (Lipinski definition) is 2. The van der Waals surface area contributed by atoms with Gasteiger partial charge in [0.25, 0.3) is 0 Å². The second kappa shape index (κ2) is 7.79. The van der Waals surface area contributed by atoms with Gasteiger partial charge in [-0.2, -0.15) is 0 Å². The Hall–Kier alpha value is -1.33. The molecule has 5 heteroatoms. The number of aryl methyl sites for hydroxylation is 1. The molecule has 0 aromatic carbocycles. The Labute approximate surface area is 137 Å². The van der Waals surface area contributed by atoms with Crippen molar-refractivity contribution in [1.82, 2.24) is 15.5 Å². The number of hydrogen-bond acceptors (Lipinski definition) is 3. The fraction of sp³-hybridized carbons (Fsp3) is 0.588. The summed E-state index contributed by atoms with van der Waals surface area (Å²) in [5.41, 5.74) is 1.20. The van der Waals surface area contributed by atoms with Gasteiger partial charge in [-0.3, -0.25) is 4.90 Å². The zero-order valence-corrected chi connectivity index (χ0v) is 14.6. The summed E-state index contributed by atoms with van der Waals surface area (Å²) in [6.07, 6.45) is 2.01. The highest BCUT2D eigenvalue weighted by atomic mass is 32.1. The summed E-state index contributed by atoms with van der Waals surface area (Å²) in [7, 11) is 0. The zero-order valence-electron chi connectivity index (χ0n) is 13.8. The smallest absolute Gasteiger partial charge is 0.315 e. The van der Waals surface area contributed by atoms with Gasteiger partial charge in [0.2, 0.25) is 0 Å². The van der Waals surface area contributed by atoms with Crippen LogP contribution in [0.15, 0.2) is 24.3 Å². The maximum atomic E-state index is 12.1. The van der Waals surface area contributed by atoms with E-state index >= 15 is 0 Å². The van der Waals surface area contributed by atoms with Gasteiger partial charge in [-0.05, 0) is 45.7 Å². The topological polar surface area (TPSA) is 44.4 Å². The van der Waals surface area contributed by atoms with Crippen molar-refractivity contribution in [3.8, 4) is 0 Å². The number of piperidine rings is 1. The first-order valence-corrected chi connectivity index (χ1v) is 8.76. The monoisotopic (exact) mass is 321 g/mol. The number of urea groups is 1. The molecular formula is C17H27N3OS. The van der Waals surface area contributed by atoms with E-state index in [1.54, 1.807) is 11.3 Å². The molecule has 1 saturated heterocycles. The molecule has 0 saturated carbocycles. The third-order valence-electron chi connectivity index (χ3n) is 3.95. The number of nitrogens with one attached hydrogen (secondary N) is 2. The van der Waals surface area contributed by atoms with Gasteiger partial charge in [0, 0.05) is 35.4 Å². The molecule has 1 atom stereocenters. The van der Waals surface area contributed by atoms with E-state index in [2.05, 4.69) is 48.1 Å². The van der Waals surface area contributed by atoms with Crippen LogP contribution in [0, 0.1) is 6.92 Å². The number of amides is 2. The van der Waals surface area contributed by atoms with Crippen LogP contribution in [0.5, 0.6) is 0 Å². The standard InChI is InChI=1S/C17H27N3OS/c1-12(2)11-20-9-7-15(8-10-20)19-17(21)18-14(4)16-6-5-13(3)22-16/h5-6,14-15H,1,7-11H2,2-4H3,(H2,18,19,21). The Morgan fingerprint density at radius 1 is 1.45 bits per heavy atom. The minimum atomic E-state index is -0.0584. The lowest BCUT2D eigenvalue weighted by Crippen LogP contribution is -2.48. The van der Waals surface area contributed by atoms with Crippen molar-refractivity contribution in [2.24, 2.45) is 0 Å². The molecule has 2 rings (SSSR count). The predicted molar refractivity (Wildman–Crippen MR) is 93.4 cm³/mol. The summed E-state index contributed by atoms with van der Waals surface area (Å²) in [6.45, 7) is 13.1. The Kier molecular flexibility index (Phi) is 6.03. The molecule has 1 aromatic heterocycles. The molecule has 2 heterocycles. The maximum absolute atomic E-state index is 12.1. The van der Waals surface area contributed by atoms with Crippen LogP contribution in [-0.4, -0.2) is 36.6 Å². The Bertz CT molecular complexity index is 518. The molecule has 0 radical (unpaired) electrons. The predicted octanol–water partition coefficient (Wildman–Crippen LogP) is 3.46. The lowest BCUT2D eigenvalue weighted by atomic mass is 10.0. The van der Waals surface area contributed by atoms with Crippen molar-refractivity contribution in [2.75, 3.05) is 19.6 Å². The van der Waals surface area contributed by atoms with Crippen molar-refractivity contribution in [3.05, 3.63) is 34.0 Å². The SMILES string of the molecule is C=C(C)CN1CCC(NC(=O)NC(C)c2ccc(C)s2)CC1. The molecule has 0 bridgehead atoms. The molecule has 0 spiro atoms. The molecule has 4 nitrogen and oxygen atoms in total. The van der Waals surface area contributed by atoms with Crippen molar-refractivity contribution in [3.63, 3.8) is 0 Å². The van der Waals surface area contributed by atoms with Crippen LogP contribution in [0.3, 0.4) is 0 Å². The number of carbonyl (C=O) groups excluding carboxylic acids is 1. The quantitative estimate of drug-likeness (QED) is 0.816. The first kappa shape index (κ1) is 17.0. The van der Waals surface area contributed by atoms with Gasteiger partial charge >= 0.3 is 6.03 Å². The summed E-state index contributed by atoms with van der Waals surface area (Å²) in [4.78, 5) is 17.0. The first-order valence-electron chi connectivity index (χ1n) is 7.94.